The van der Waals surface area contributed by atoms with E-state index in [1.54, 1.807) is 12.2 Å². The number of benzene rings is 2. The smallest absolute Gasteiger partial charge is 0.266 e. The van der Waals surface area contributed by atoms with Gasteiger partial charge in [0.25, 0.3) is 5.91 Å². The van der Waals surface area contributed by atoms with E-state index in [0.717, 1.165) is 12.1 Å². The van der Waals surface area contributed by atoms with E-state index in [1.165, 1.54) is 16.3 Å². The molecule has 176 valence electrons. The summed E-state index contributed by atoms with van der Waals surface area (Å²) in [7, 11) is 0. The van der Waals surface area contributed by atoms with Crippen LogP contribution >= 0.6 is 0 Å². The van der Waals surface area contributed by atoms with Crippen LogP contribution in [0.5, 0.6) is 0 Å². The lowest BCUT2D eigenvalue weighted by Gasteiger charge is -2.22. The molecule has 3 N–H and O–H groups in total. The van der Waals surface area contributed by atoms with Gasteiger partial charge in [0.2, 0.25) is 0 Å². The van der Waals surface area contributed by atoms with Crippen molar-refractivity contribution in [3.63, 3.8) is 0 Å². The molecule has 0 spiro atoms. The van der Waals surface area contributed by atoms with Crippen molar-refractivity contribution in [2.75, 3.05) is 13.1 Å². The first kappa shape index (κ1) is 25.9. The van der Waals surface area contributed by atoms with E-state index < -0.39 is 0 Å². The maximum atomic E-state index is 12.1. The Morgan fingerprint density at radius 2 is 1.76 bits per heavy atom. The van der Waals surface area contributed by atoms with Crippen molar-refractivity contribution < 1.29 is 9.59 Å². The summed E-state index contributed by atoms with van der Waals surface area (Å²) >= 11 is 0. The molecule has 1 amide bonds. The summed E-state index contributed by atoms with van der Waals surface area (Å²) in [5.41, 5.74) is 2.56. The topological polar surface area (TPSA) is 70.2 Å². The van der Waals surface area contributed by atoms with Crippen LogP contribution in [-0.2, 0) is 9.59 Å². The van der Waals surface area contributed by atoms with Crippen molar-refractivity contribution in [3.05, 3.63) is 84.7 Å². The van der Waals surface area contributed by atoms with Crippen molar-refractivity contribution >= 4 is 22.5 Å². The monoisotopic (exact) mass is 447 g/mol. The predicted molar refractivity (Wildman–Crippen MR) is 138 cm³/mol. The molecule has 5 nitrogen and oxygen atoms in total. The molecule has 2 rings (SSSR count). The average molecular weight is 448 g/mol. The fourth-order valence-corrected chi connectivity index (χ4v) is 3.65. The van der Waals surface area contributed by atoms with Crippen LogP contribution in [0.4, 0.5) is 0 Å². The maximum absolute atomic E-state index is 12.1. The van der Waals surface area contributed by atoms with Gasteiger partial charge in [-0.15, -0.1) is 0 Å². The molecular weight excluding hydrogens is 410 g/mol. The van der Waals surface area contributed by atoms with Crippen LogP contribution in [0.2, 0.25) is 0 Å². The zero-order chi connectivity index (χ0) is 24.2. The lowest BCUT2D eigenvalue weighted by molar-refractivity contribution is -0.117. The number of carbonyl (C=O) groups excluding carboxylic acids is 2. The fraction of sp³-hybridized carbons (Fsp3) is 0.357. The van der Waals surface area contributed by atoms with Gasteiger partial charge in [-0.1, -0.05) is 75.5 Å². The summed E-state index contributed by atoms with van der Waals surface area (Å²) in [5, 5.41) is 11.9. The second kappa shape index (κ2) is 13.3. The first-order chi connectivity index (χ1) is 15.8. The summed E-state index contributed by atoms with van der Waals surface area (Å²) in [5.74, 6) is 0.139. The third-order valence-corrected chi connectivity index (χ3v) is 5.49. The van der Waals surface area contributed by atoms with E-state index in [0.29, 0.717) is 31.6 Å². The summed E-state index contributed by atoms with van der Waals surface area (Å²) in [6.45, 7) is 15.2. The number of rotatable bonds is 14. The van der Waals surface area contributed by atoms with Gasteiger partial charge in [-0.2, -0.15) is 0 Å². The SMILES string of the molecule is C=C(CC(C)CNC(=C)C(=O)NCC/C=C/C(=O)CC)NC(C)c1cccc2ccccc12. The highest BCUT2D eigenvalue weighted by molar-refractivity contribution is 5.92. The molecule has 33 heavy (non-hydrogen) atoms. The Bertz CT molecular complexity index is 1000. The van der Waals surface area contributed by atoms with Crippen molar-refractivity contribution in [1.29, 1.82) is 0 Å². The molecular formula is C28H37N3O2. The van der Waals surface area contributed by atoms with Crippen molar-refractivity contribution in [2.45, 2.75) is 46.1 Å². The molecule has 0 saturated heterocycles. The van der Waals surface area contributed by atoms with Crippen LogP contribution in [0, 0.1) is 5.92 Å². The molecule has 0 heterocycles. The second-order valence-electron chi connectivity index (χ2n) is 8.47. The third kappa shape index (κ3) is 8.60. The van der Waals surface area contributed by atoms with E-state index in [4.69, 9.17) is 0 Å². The number of nitrogens with one attached hydrogen (secondary N) is 3. The highest BCUT2D eigenvalue weighted by atomic mass is 16.2. The zero-order valence-corrected chi connectivity index (χ0v) is 20.1. The highest BCUT2D eigenvalue weighted by Crippen LogP contribution is 2.25. The number of ketones is 1. The highest BCUT2D eigenvalue weighted by Gasteiger charge is 2.13. The number of allylic oxidation sites excluding steroid dienone is 2. The molecule has 0 radical (unpaired) electrons. The lowest BCUT2D eigenvalue weighted by Crippen LogP contribution is -2.33. The Balaban J connectivity index is 1.73. The van der Waals surface area contributed by atoms with Gasteiger partial charge >= 0.3 is 0 Å². The first-order valence-corrected chi connectivity index (χ1v) is 11.6. The Labute approximate surface area is 198 Å². The third-order valence-electron chi connectivity index (χ3n) is 5.49. The number of fused-ring (bicyclic) bond motifs is 1. The Kier molecular flexibility index (Phi) is 10.4. The molecule has 0 aliphatic rings. The van der Waals surface area contributed by atoms with Crippen molar-refractivity contribution in [3.8, 4) is 0 Å². The van der Waals surface area contributed by atoms with Gasteiger partial charge < -0.3 is 16.0 Å². The minimum Gasteiger partial charge on any atom is -0.382 e. The van der Waals surface area contributed by atoms with Crippen LogP contribution in [0.25, 0.3) is 10.8 Å². The van der Waals surface area contributed by atoms with Crippen molar-refractivity contribution in [2.24, 2.45) is 5.92 Å². The number of hydrogen-bond acceptors (Lipinski definition) is 4. The fourth-order valence-electron chi connectivity index (χ4n) is 3.65. The summed E-state index contributed by atoms with van der Waals surface area (Å²) in [6, 6.07) is 14.9. The van der Waals surface area contributed by atoms with E-state index in [1.807, 2.05) is 6.92 Å². The lowest BCUT2D eigenvalue weighted by atomic mass is 9.99. The van der Waals surface area contributed by atoms with Gasteiger partial charge in [-0.25, -0.2) is 0 Å². The van der Waals surface area contributed by atoms with Gasteiger partial charge in [-0.3, -0.25) is 9.59 Å². The summed E-state index contributed by atoms with van der Waals surface area (Å²) < 4.78 is 0. The van der Waals surface area contributed by atoms with E-state index >= 15 is 0 Å². The van der Waals surface area contributed by atoms with Crippen LogP contribution < -0.4 is 16.0 Å². The van der Waals surface area contributed by atoms with Gasteiger partial charge in [0, 0.05) is 31.2 Å². The molecule has 2 aromatic rings. The second-order valence-corrected chi connectivity index (χ2v) is 8.47. The Morgan fingerprint density at radius 1 is 1.03 bits per heavy atom. The molecule has 2 atom stereocenters. The van der Waals surface area contributed by atoms with E-state index in [-0.39, 0.29) is 23.7 Å². The molecule has 0 aromatic heterocycles. The molecule has 0 saturated carbocycles. The van der Waals surface area contributed by atoms with Gasteiger partial charge in [0.05, 0.1) is 5.70 Å². The summed E-state index contributed by atoms with van der Waals surface area (Å²) in [4.78, 5) is 23.4. The predicted octanol–water partition coefficient (Wildman–Crippen LogP) is 5.18. The molecule has 2 unspecified atom stereocenters. The van der Waals surface area contributed by atoms with Gasteiger partial charge in [0.15, 0.2) is 5.78 Å². The van der Waals surface area contributed by atoms with Gasteiger partial charge in [0.1, 0.15) is 0 Å². The largest absolute Gasteiger partial charge is 0.382 e. The standard InChI is InChI=1S/C28H37N3O2/c1-6-25(32)14-9-10-17-29-28(33)23(5)30-19-20(2)18-21(3)31-22(4)26-16-11-13-24-12-7-8-15-27(24)26/h7-9,11-16,20,22,30-31H,3,5-6,10,17-19H2,1-2,4H3,(H,29,33)/b14-9+. The molecule has 0 fully saturated rings. The molecule has 0 bridgehead atoms. The quantitative estimate of drug-likeness (QED) is 0.276. The van der Waals surface area contributed by atoms with Crippen molar-refractivity contribution in [1.82, 2.24) is 16.0 Å². The normalized spacial score (nSPS) is 12.8. The zero-order valence-electron chi connectivity index (χ0n) is 20.1. The van der Waals surface area contributed by atoms with Crippen LogP contribution in [0.15, 0.2) is 79.2 Å². The van der Waals surface area contributed by atoms with Crippen LogP contribution in [0.3, 0.4) is 0 Å². The molecule has 5 heteroatoms. The Morgan fingerprint density at radius 3 is 2.52 bits per heavy atom. The minimum atomic E-state index is -0.223. The van der Waals surface area contributed by atoms with E-state index in [9.17, 15) is 9.59 Å². The van der Waals surface area contributed by atoms with E-state index in [2.05, 4.69) is 85.4 Å². The molecule has 0 aliphatic heterocycles. The Hall–Kier alpha value is -3.34. The number of hydrogen-bond donors (Lipinski definition) is 3. The average Bonchev–Trinajstić information content (AvgIpc) is 2.81. The van der Waals surface area contributed by atoms with Crippen LogP contribution in [0.1, 0.15) is 51.6 Å². The number of amides is 1. The summed E-state index contributed by atoms with van der Waals surface area (Å²) in [6.07, 6.45) is 5.23. The van der Waals surface area contributed by atoms with Gasteiger partial charge in [-0.05, 0) is 48.1 Å². The minimum absolute atomic E-state index is 0.0870. The first-order valence-electron chi connectivity index (χ1n) is 11.6. The van der Waals surface area contributed by atoms with Crippen LogP contribution in [-0.4, -0.2) is 24.8 Å². The molecule has 2 aromatic carbocycles. The molecule has 0 aliphatic carbocycles. The number of carbonyl (C=O) groups is 2. The maximum Gasteiger partial charge on any atom is 0.266 e.